The molecule has 0 radical (unpaired) electrons. The van der Waals surface area contributed by atoms with E-state index in [0.717, 1.165) is 30.0 Å². The van der Waals surface area contributed by atoms with Crippen LogP contribution in [0.2, 0.25) is 0 Å². The molecule has 0 saturated heterocycles. The van der Waals surface area contributed by atoms with Crippen molar-refractivity contribution in [2.45, 2.75) is 51.5 Å². The molecular weight excluding hydrogens is 408 g/mol. The monoisotopic (exact) mass is 438 g/mol. The molecule has 4 heteroatoms. The van der Waals surface area contributed by atoms with Gasteiger partial charge in [0.2, 0.25) is 0 Å². The minimum absolute atomic E-state index is 0.149. The molecule has 0 atom stereocenters. The van der Waals surface area contributed by atoms with E-state index in [-0.39, 0.29) is 10.6 Å². The summed E-state index contributed by atoms with van der Waals surface area (Å²) in [5.74, 6) is 0.886. The van der Waals surface area contributed by atoms with E-state index in [4.69, 9.17) is 0 Å². The van der Waals surface area contributed by atoms with Crippen molar-refractivity contribution in [1.82, 2.24) is 4.57 Å². The van der Waals surface area contributed by atoms with Crippen LogP contribution in [0.5, 0.6) is 0 Å². The molecule has 4 aromatic rings. The lowest BCUT2D eigenvalue weighted by Gasteiger charge is -2.21. The van der Waals surface area contributed by atoms with E-state index in [1.807, 2.05) is 42.5 Å². The maximum absolute atomic E-state index is 11.6. The first kappa shape index (κ1) is 21.4. The average Bonchev–Trinajstić information content (AvgIpc) is 3.26. The lowest BCUT2D eigenvalue weighted by Crippen LogP contribution is -2.09. The van der Waals surface area contributed by atoms with Crippen LogP contribution in [0.4, 0.5) is 5.69 Å². The van der Waals surface area contributed by atoms with Gasteiger partial charge in [-0.25, -0.2) is 0 Å². The van der Waals surface area contributed by atoms with Crippen LogP contribution in [-0.4, -0.2) is 9.49 Å². The molecule has 0 N–H and O–H groups in total. The Kier molecular flexibility index (Phi) is 6.25. The molecule has 33 heavy (non-hydrogen) atoms. The lowest BCUT2D eigenvalue weighted by atomic mass is 9.87. The van der Waals surface area contributed by atoms with Gasteiger partial charge in [-0.3, -0.25) is 10.1 Å². The van der Waals surface area contributed by atoms with Gasteiger partial charge in [0.15, 0.2) is 0 Å². The summed E-state index contributed by atoms with van der Waals surface area (Å²) in [4.78, 5) is 11.3. The number of fused-ring (bicyclic) bond motifs is 1. The molecule has 1 saturated carbocycles. The summed E-state index contributed by atoms with van der Waals surface area (Å²) in [6, 6.07) is 24.0. The first-order valence-corrected chi connectivity index (χ1v) is 12.1. The standard InChI is InChI=1S/C29H30N2O2/c32-31(33)29-14-12-24(21-27(29)25-9-5-2-6-10-25)19-23-11-13-28-26(20-23)16-18-30(28)17-15-22-7-3-1-4-8-22/h2,5-6,9-14,16,18,20-22H,1,3-4,7-8,15,17,19H2. The van der Waals surface area contributed by atoms with Gasteiger partial charge in [-0.15, -0.1) is 0 Å². The van der Waals surface area contributed by atoms with Crippen LogP contribution in [0.1, 0.15) is 49.7 Å². The number of aromatic nitrogens is 1. The summed E-state index contributed by atoms with van der Waals surface area (Å²) >= 11 is 0. The van der Waals surface area contributed by atoms with Crippen LogP contribution in [0.25, 0.3) is 22.0 Å². The quantitative estimate of drug-likeness (QED) is 0.218. The molecule has 168 valence electrons. The molecule has 1 aromatic heterocycles. The zero-order valence-electron chi connectivity index (χ0n) is 19.0. The van der Waals surface area contributed by atoms with E-state index >= 15 is 0 Å². The number of hydrogen-bond donors (Lipinski definition) is 0. The van der Waals surface area contributed by atoms with Crippen LogP contribution in [0.3, 0.4) is 0 Å². The van der Waals surface area contributed by atoms with Crippen LogP contribution in [0, 0.1) is 16.0 Å². The van der Waals surface area contributed by atoms with Crippen molar-refractivity contribution < 1.29 is 4.92 Å². The summed E-state index contributed by atoms with van der Waals surface area (Å²) in [5.41, 5.74) is 5.29. The molecule has 0 spiro atoms. The largest absolute Gasteiger partial charge is 0.347 e. The van der Waals surface area contributed by atoms with Crippen molar-refractivity contribution in [2.75, 3.05) is 0 Å². The highest BCUT2D eigenvalue weighted by molar-refractivity contribution is 5.81. The van der Waals surface area contributed by atoms with Crippen molar-refractivity contribution in [2.24, 2.45) is 5.92 Å². The van der Waals surface area contributed by atoms with Crippen molar-refractivity contribution in [3.05, 3.63) is 100 Å². The highest BCUT2D eigenvalue weighted by Crippen LogP contribution is 2.32. The summed E-state index contributed by atoms with van der Waals surface area (Å²) in [6.45, 7) is 1.09. The summed E-state index contributed by atoms with van der Waals surface area (Å²) in [7, 11) is 0. The fourth-order valence-electron chi connectivity index (χ4n) is 5.29. The van der Waals surface area contributed by atoms with Gasteiger partial charge in [0, 0.05) is 24.3 Å². The number of nitro benzene ring substituents is 1. The smallest absolute Gasteiger partial charge is 0.277 e. The number of nitro groups is 1. The van der Waals surface area contributed by atoms with E-state index in [1.165, 1.54) is 55.0 Å². The molecule has 5 rings (SSSR count). The zero-order chi connectivity index (χ0) is 22.6. The van der Waals surface area contributed by atoms with Crippen molar-refractivity contribution in [3.8, 4) is 11.1 Å². The Morgan fingerprint density at radius 1 is 0.879 bits per heavy atom. The second kappa shape index (κ2) is 9.62. The van der Waals surface area contributed by atoms with Gasteiger partial charge in [-0.05, 0) is 65.1 Å². The van der Waals surface area contributed by atoms with Gasteiger partial charge >= 0.3 is 0 Å². The highest BCUT2D eigenvalue weighted by Gasteiger charge is 2.16. The Morgan fingerprint density at radius 3 is 2.42 bits per heavy atom. The normalized spacial score (nSPS) is 14.5. The number of hydrogen-bond acceptors (Lipinski definition) is 2. The lowest BCUT2D eigenvalue weighted by molar-refractivity contribution is -0.384. The molecular formula is C29H30N2O2. The van der Waals surface area contributed by atoms with Crippen LogP contribution in [0.15, 0.2) is 79.0 Å². The van der Waals surface area contributed by atoms with E-state index < -0.39 is 0 Å². The molecule has 0 unspecified atom stereocenters. The van der Waals surface area contributed by atoms with E-state index in [9.17, 15) is 10.1 Å². The third-order valence-corrected chi connectivity index (χ3v) is 7.09. The third kappa shape index (κ3) is 4.85. The minimum Gasteiger partial charge on any atom is -0.347 e. The maximum atomic E-state index is 11.6. The van der Waals surface area contributed by atoms with Crippen molar-refractivity contribution in [3.63, 3.8) is 0 Å². The Balaban J connectivity index is 1.35. The Hall–Kier alpha value is -3.40. The molecule has 1 aliphatic carbocycles. The third-order valence-electron chi connectivity index (χ3n) is 7.09. The molecule has 4 nitrogen and oxygen atoms in total. The summed E-state index contributed by atoms with van der Waals surface area (Å²) in [5, 5.41) is 12.8. The molecule has 0 bridgehead atoms. The molecule has 1 aliphatic rings. The van der Waals surface area contributed by atoms with Gasteiger partial charge in [0.25, 0.3) is 5.69 Å². The van der Waals surface area contributed by atoms with Gasteiger partial charge in [-0.1, -0.05) is 74.6 Å². The Bertz CT molecular complexity index is 1250. The van der Waals surface area contributed by atoms with Crippen molar-refractivity contribution >= 4 is 16.6 Å². The van der Waals surface area contributed by atoms with Crippen LogP contribution in [-0.2, 0) is 13.0 Å². The molecule has 1 heterocycles. The molecule has 0 amide bonds. The molecule has 0 aliphatic heterocycles. The second-order valence-electron chi connectivity index (χ2n) is 9.35. The number of benzene rings is 3. The average molecular weight is 439 g/mol. The fourth-order valence-corrected chi connectivity index (χ4v) is 5.29. The highest BCUT2D eigenvalue weighted by atomic mass is 16.6. The first-order chi connectivity index (χ1) is 16.2. The zero-order valence-corrected chi connectivity index (χ0v) is 19.0. The predicted octanol–water partition coefficient (Wildman–Crippen LogP) is 7.78. The predicted molar refractivity (Wildman–Crippen MR) is 134 cm³/mol. The van der Waals surface area contributed by atoms with E-state index in [1.54, 1.807) is 6.07 Å². The van der Waals surface area contributed by atoms with Gasteiger partial charge in [0.1, 0.15) is 0 Å². The van der Waals surface area contributed by atoms with Crippen LogP contribution < -0.4 is 0 Å². The minimum atomic E-state index is -0.297. The molecule has 1 fully saturated rings. The maximum Gasteiger partial charge on any atom is 0.277 e. The second-order valence-corrected chi connectivity index (χ2v) is 9.35. The topological polar surface area (TPSA) is 48.1 Å². The van der Waals surface area contributed by atoms with E-state index in [0.29, 0.717) is 5.56 Å². The van der Waals surface area contributed by atoms with Crippen molar-refractivity contribution in [1.29, 1.82) is 0 Å². The Morgan fingerprint density at radius 2 is 1.64 bits per heavy atom. The van der Waals surface area contributed by atoms with E-state index in [2.05, 4.69) is 35.0 Å². The number of aryl methyl sites for hydroxylation is 1. The van der Waals surface area contributed by atoms with Gasteiger partial charge in [-0.2, -0.15) is 0 Å². The van der Waals surface area contributed by atoms with Gasteiger partial charge < -0.3 is 4.57 Å². The first-order valence-electron chi connectivity index (χ1n) is 12.1. The number of rotatable bonds is 7. The fraction of sp³-hybridized carbons (Fsp3) is 0.310. The van der Waals surface area contributed by atoms with Crippen LogP contribution >= 0.6 is 0 Å². The summed E-state index contributed by atoms with van der Waals surface area (Å²) in [6.07, 6.45) is 11.2. The van der Waals surface area contributed by atoms with Gasteiger partial charge in [0.05, 0.1) is 10.5 Å². The summed E-state index contributed by atoms with van der Waals surface area (Å²) < 4.78 is 2.40. The Labute approximate surface area is 195 Å². The SMILES string of the molecule is O=[N+]([O-])c1ccc(Cc2ccc3c(ccn3CCC3CCCCC3)c2)cc1-c1ccccc1. The number of nitrogens with zero attached hydrogens (tertiary/aromatic N) is 2. The molecule has 3 aromatic carbocycles.